The normalized spacial score (nSPS) is 10.4. The van der Waals surface area contributed by atoms with Crippen LogP contribution in [0.3, 0.4) is 0 Å². The molecule has 4 heteroatoms. The molecular weight excluding hydrogens is 220 g/mol. The minimum Gasteiger partial charge on any atom is -0.505 e. The fourth-order valence-corrected chi connectivity index (χ4v) is 1.53. The van der Waals surface area contributed by atoms with Gasteiger partial charge in [0.05, 0.1) is 34.7 Å². The predicted octanol–water partition coefficient (Wildman–Crippen LogP) is 2.42. The summed E-state index contributed by atoms with van der Waals surface area (Å²) in [6, 6.07) is 3.84. The molecular formula is C13H18O4. The summed E-state index contributed by atoms with van der Waals surface area (Å²) in [5.41, 5.74) is 1.06. The molecule has 0 saturated carbocycles. The summed E-state index contributed by atoms with van der Waals surface area (Å²) in [7, 11) is 6.41. The minimum absolute atomic E-state index is 0.606. The van der Waals surface area contributed by atoms with Crippen molar-refractivity contribution in [3.63, 3.8) is 0 Å². The van der Waals surface area contributed by atoms with E-state index in [4.69, 9.17) is 18.9 Å². The van der Waals surface area contributed by atoms with Crippen molar-refractivity contribution in [2.45, 2.75) is 6.42 Å². The highest BCUT2D eigenvalue weighted by molar-refractivity contribution is 5.54. The van der Waals surface area contributed by atoms with Gasteiger partial charge >= 0.3 is 0 Å². The van der Waals surface area contributed by atoms with Crippen molar-refractivity contribution in [2.75, 3.05) is 28.4 Å². The Bertz CT molecular complexity index is 360. The Morgan fingerprint density at radius 3 is 1.94 bits per heavy atom. The SMILES string of the molecule is COC=CCc1cc(OC)c(OC)c(OC)c1. The number of ether oxygens (including phenoxy) is 4. The van der Waals surface area contributed by atoms with Gasteiger partial charge in [-0.2, -0.15) is 0 Å². The van der Waals surface area contributed by atoms with E-state index in [0.29, 0.717) is 17.2 Å². The van der Waals surface area contributed by atoms with Crippen LogP contribution in [0.2, 0.25) is 0 Å². The fraction of sp³-hybridized carbons (Fsp3) is 0.385. The second-order valence-electron chi connectivity index (χ2n) is 3.35. The molecule has 0 saturated heterocycles. The molecule has 1 aromatic carbocycles. The van der Waals surface area contributed by atoms with Crippen LogP contribution in [0.15, 0.2) is 24.5 Å². The molecule has 0 unspecified atom stereocenters. The zero-order chi connectivity index (χ0) is 12.7. The molecule has 0 aliphatic rings. The molecule has 0 aliphatic carbocycles. The maximum absolute atomic E-state index is 5.27. The molecule has 1 aromatic rings. The number of rotatable bonds is 6. The maximum atomic E-state index is 5.27. The Morgan fingerprint density at radius 1 is 0.941 bits per heavy atom. The first-order valence-corrected chi connectivity index (χ1v) is 5.23. The molecule has 1 rings (SSSR count). The second-order valence-corrected chi connectivity index (χ2v) is 3.35. The summed E-state index contributed by atoms with van der Waals surface area (Å²) >= 11 is 0. The lowest BCUT2D eigenvalue weighted by atomic mass is 10.1. The molecule has 0 amide bonds. The van der Waals surface area contributed by atoms with E-state index < -0.39 is 0 Å². The lowest BCUT2D eigenvalue weighted by Gasteiger charge is -2.13. The standard InChI is InChI=1S/C13H18O4/c1-14-7-5-6-10-8-11(15-2)13(17-4)12(9-10)16-3/h5,7-9H,6H2,1-4H3. The van der Waals surface area contributed by atoms with Crippen LogP contribution in [0.5, 0.6) is 17.2 Å². The summed E-state index contributed by atoms with van der Waals surface area (Å²) in [6.45, 7) is 0. The zero-order valence-electron chi connectivity index (χ0n) is 10.6. The third kappa shape index (κ3) is 3.31. The first-order valence-electron chi connectivity index (χ1n) is 5.23. The highest BCUT2D eigenvalue weighted by Gasteiger charge is 2.12. The fourth-order valence-electron chi connectivity index (χ4n) is 1.53. The number of allylic oxidation sites excluding steroid dienone is 1. The van der Waals surface area contributed by atoms with E-state index in [9.17, 15) is 0 Å². The van der Waals surface area contributed by atoms with Gasteiger partial charge in [-0.3, -0.25) is 0 Å². The quantitative estimate of drug-likeness (QED) is 0.713. The molecule has 94 valence electrons. The van der Waals surface area contributed by atoms with Gasteiger partial charge in [0.1, 0.15) is 0 Å². The summed E-state index contributed by atoms with van der Waals surface area (Å²) < 4.78 is 20.6. The minimum atomic E-state index is 0.606. The van der Waals surface area contributed by atoms with E-state index >= 15 is 0 Å². The number of hydrogen-bond acceptors (Lipinski definition) is 4. The molecule has 0 atom stereocenters. The first-order chi connectivity index (χ1) is 8.26. The average molecular weight is 238 g/mol. The smallest absolute Gasteiger partial charge is 0.203 e. The van der Waals surface area contributed by atoms with Crippen LogP contribution in [0.4, 0.5) is 0 Å². The summed E-state index contributed by atoms with van der Waals surface area (Å²) in [5.74, 6) is 1.93. The molecule has 0 heterocycles. The third-order valence-electron chi connectivity index (χ3n) is 2.31. The Balaban J connectivity index is 3.04. The van der Waals surface area contributed by atoms with Crippen molar-refractivity contribution in [1.82, 2.24) is 0 Å². The van der Waals surface area contributed by atoms with Gasteiger partial charge in [-0.1, -0.05) is 0 Å². The van der Waals surface area contributed by atoms with E-state index in [1.165, 1.54) is 0 Å². The number of hydrogen-bond donors (Lipinski definition) is 0. The molecule has 0 bridgehead atoms. The molecule has 17 heavy (non-hydrogen) atoms. The topological polar surface area (TPSA) is 36.9 Å². The van der Waals surface area contributed by atoms with Gasteiger partial charge in [0.2, 0.25) is 5.75 Å². The highest BCUT2D eigenvalue weighted by atomic mass is 16.5. The summed E-state index contributed by atoms with van der Waals surface area (Å²) in [4.78, 5) is 0. The van der Waals surface area contributed by atoms with Crippen LogP contribution < -0.4 is 14.2 Å². The largest absolute Gasteiger partial charge is 0.505 e. The summed E-state index contributed by atoms with van der Waals surface area (Å²) in [6.07, 6.45) is 4.30. The van der Waals surface area contributed by atoms with E-state index in [1.54, 1.807) is 34.7 Å². The van der Waals surface area contributed by atoms with Gasteiger partial charge in [0.15, 0.2) is 11.5 Å². The van der Waals surface area contributed by atoms with Crippen molar-refractivity contribution in [2.24, 2.45) is 0 Å². The lowest BCUT2D eigenvalue weighted by Crippen LogP contribution is -1.96. The Labute approximate surface area is 102 Å². The van der Waals surface area contributed by atoms with Crippen LogP contribution in [-0.4, -0.2) is 28.4 Å². The predicted molar refractivity (Wildman–Crippen MR) is 66.0 cm³/mol. The average Bonchev–Trinajstić information content (AvgIpc) is 2.37. The second kappa shape index (κ2) is 6.68. The van der Waals surface area contributed by atoms with Gasteiger partial charge in [-0.15, -0.1) is 0 Å². The summed E-state index contributed by atoms with van der Waals surface area (Å²) in [5, 5.41) is 0. The highest BCUT2D eigenvalue weighted by Crippen LogP contribution is 2.38. The molecule has 0 aliphatic heterocycles. The third-order valence-corrected chi connectivity index (χ3v) is 2.31. The first kappa shape index (κ1) is 13.2. The van der Waals surface area contributed by atoms with Crippen LogP contribution >= 0.6 is 0 Å². The van der Waals surface area contributed by atoms with Gasteiger partial charge in [-0.05, 0) is 30.2 Å². The molecule has 0 N–H and O–H groups in total. The number of methoxy groups -OCH3 is 4. The van der Waals surface area contributed by atoms with Crippen LogP contribution in [0.25, 0.3) is 0 Å². The lowest BCUT2D eigenvalue weighted by molar-refractivity contribution is 0.323. The van der Waals surface area contributed by atoms with Gasteiger partial charge in [-0.25, -0.2) is 0 Å². The molecule has 4 nitrogen and oxygen atoms in total. The Hall–Kier alpha value is -1.84. The van der Waals surface area contributed by atoms with Crippen molar-refractivity contribution in [3.8, 4) is 17.2 Å². The Kier molecular flexibility index (Phi) is 5.20. The Morgan fingerprint density at radius 2 is 1.53 bits per heavy atom. The van der Waals surface area contributed by atoms with E-state index in [-0.39, 0.29) is 0 Å². The molecule has 0 spiro atoms. The van der Waals surface area contributed by atoms with Crippen LogP contribution in [0.1, 0.15) is 5.56 Å². The van der Waals surface area contributed by atoms with Gasteiger partial charge < -0.3 is 18.9 Å². The van der Waals surface area contributed by atoms with Crippen molar-refractivity contribution >= 4 is 0 Å². The number of benzene rings is 1. The van der Waals surface area contributed by atoms with Crippen molar-refractivity contribution in [3.05, 3.63) is 30.0 Å². The molecule has 0 fully saturated rings. The van der Waals surface area contributed by atoms with Gasteiger partial charge in [0, 0.05) is 0 Å². The van der Waals surface area contributed by atoms with Crippen LogP contribution in [0, 0.1) is 0 Å². The zero-order valence-corrected chi connectivity index (χ0v) is 10.6. The molecule has 0 aromatic heterocycles. The van der Waals surface area contributed by atoms with Gasteiger partial charge in [0.25, 0.3) is 0 Å². The maximum Gasteiger partial charge on any atom is 0.203 e. The van der Waals surface area contributed by atoms with E-state index in [1.807, 2.05) is 18.2 Å². The monoisotopic (exact) mass is 238 g/mol. The van der Waals surface area contributed by atoms with Crippen molar-refractivity contribution < 1.29 is 18.9 Å². The van der Waals surface area contributed by atoms with E-state index in [2.05, 4.69) is 0 Å². The van der Waals surface area contributed by atoms with Crippen LogP contribution in [-0.2, 0) is 11.2 Å². The molecule has 0 radical (unpaired) electrons. The van der Waals surface area contributed by atoms with E-state index in [0.717, 1.165) is 12.0 Å². The van der Waals surface area contributed by atoms with Crippen molar-refractivity contribution in [1.29, 1.82) is 0 Å².